The molecule has 1 aromatic carbocycles. The molecule has 1 amide bonds. The van der Waals surface area contributed by atoms with E-state index >= 15 is 0 Å². The molecule has 0 spiro atoms. The highest BCUT2D eigenvalue weighted by Gasteiger charge is 2.14. The normalized spacial score (nSPS) is 14.6. The lowest BCUT2D eigenvalue weighted by Crippen LogP contribution is -2.27. The number of anilines is 1. The van der Waals surface area contributed by atoms with E-state index < -0.39 is 0 Å². The predicted molar refractivity (Wildman–Crippen MR) is 82.9 cm³/mol. The number of carbonyl (C=O) groups excluding carboxylic acids is 1. The van der Waals surface area contributed by atoms with Crippen molar-refractivity contribution >= 4 is 11.6 Å². The first-order valence-corrected chi connectivity index (χ1v) is 7.61. The molecule has 0 unspecified atom stereocenters. The summed E-state index contributed by atoms with van der Waals surface area (Å²) in [6, 6.07) is 8.56. The monoisotopic (exact) mass is 275 g/mol. The first kappa shape index (κ1) is 14.9. The van der Waals surface area contributed by atoms with E-state index in [-0.39, 0.29) is 5.91 Å². The van der Waals surface area contributed by atoms with Crippen LogP contribution in [0.25, 0.3) is 0 Å². The molecule has 0 aromatic heterocycles. The number of benzene rings is 1. The number of nitrogens with one attached hydrogen (secondary N) is 2. The highest BCUT2D eigenvalue weighted by molar-refractivity contribution is 5.75. The Morgan fingerprint density at radius 3 is 2.75 bits per heavy atom. The van der Waals surface area contributed by atoms with Crippen LogP contribution >= 0.6 is 0 Å². The number of hydrogen-bond donors (Lipinski definition) is 2. The third-order valence-electron chi connectivity index (χ3n) is 3.66. The number of amides is 1. The lowest BCUT2D eigenvalue weighted by molar-refractivity contribution is -0.120. The van der Waals surface area contributed by atoms with Crippen LogP contribution in [0.2, 0.25) is 0 Å². The molecule has 20 heavy (non-hydrogen) atoms. The van der Waals surface area contributed by atoms with Gasteiger partial charge in [-0.1, -0.05) is 18.2 Å². The number of hydrogen-bond acceptors (Lipinski definition) is 3. The highest BCUT2D eigenvalue weighted by atomic mass is 16.1. The van der Waals surface area contributed by atoms with E-state index in [9.17, 15) is 4.79 Å². The Bertz CT molecular complexity index is 427. The number of para-hydroxylation sites is 1. The van der Waals surface area contributed by atoms with Gasteiger partial charge in [-0.05, 0) is 31.4 Å². The molecule has 1 heterocycles. The van der Waals surface area contributed by atoms with Crippen molar-refractivity contribution in [2.24, 2.45) is 0 Å². The summed E-state index contributed by atoms with van der Waals surface area (Å²) in [5.41, 5.74) is 2.67. The van der Waals surface area contributed by atoms with E-state index in [1.165, 1.54) is 24.1 Å². The van der Waals surface area contributed by atoms with Crippen molar-refractivity contribution in [2.75, 3.05) is 31.1 Å². The van der Waals surface area contributed by atoms with E-state index in [1.807, 2.05) is 6.92 Å². The Kier molecular flexibility index (Phi) is 5.87. The van der Waals surface area contributed by atoms with Gasteiger partial charge in [0.2, 0.25) is 5.91 Å². The molecule has 110 valence electrons. The molecule has 1 aromatic rings. The van der Waals surface area contributed by atoms with Gasteiger partial charge in [-0.2, -0.15) is 0 Å². The summed E-state index contributed by atoms with van der Waals surface area (Å²) in [5.74, 6) is 0.118. The largest absolute Gasteiger partial charge is 0.371 e. The lowest BCUT2D eigenvalue weighted by Gasteiger charge is -2.21. The average molecular weight is 275 g/mol. The van der Waals surface area contributed by atoms with Crippen molar-refractivity contribution in [2.45, 2.75) is 32.7 Å². The van der Waals surface area contributed by atoms with Crippen molar-refractivity contribution in [3.05, 3.63) is 29.8 Å². The fourth-order valence-corrected chi connectivity index (χ4v) is 2.64. The van der Waals surface area contributed by atoms with Gasteiger partial charge in [-0.3, -0.25) is 4.79 Å². The summed E-state index contributed by atoms with van der Waals surface area (Å²) in [7, 11) is 0. The molecule has 0 atom stereocenters. The Hall–Kier alpha value is -1.55. The van der Waals surface area contributed by atoms with Gasteiger partial charge in [0.15, 0.2) is 0 Å². The summed E-state index contributed by atoms with van der Waals surface area (Å²) < 4.78 is 0. The zero-order valence-electron chi connectivity index (χ0n) is 12.3. The quantitative estimate of drug-likeness (QED) is 0.747. The molecule has 1 aliphatic rings. The van der Waals surface area contributed by atoms with Gasteiger partial charge in [0.05, 0.1) is 0 Å². The van der Waals surface area contributed by atoms with Gasteiger partial charge in [0.25, 0.3) is 0 Å². The fraction of sp³-hybridized carbons (Fsp3) is 0.562. The minimum atomic E-state index is 0.118. The zero-order chi connectivity index (χ0) is 14.2. The van der Waals surface area contributed by atoms with E-state index in [0.29, 0.717) is 13.0 Å². The van der Waals surface area contributed by atoms with Crippen molar-refractivity contribution in [1.82, 2.24) is 10.6 Å². The third kappa shape index (κ3) is 4.23. The van der Waals surface area contributed by atoms with Crippen LogP contribution in [0.1, 0.15) is 31.7 Å². The second-order valence-corrected chi connectivity index (χ2v) is 5.20. The Morgan fingerprint density at radius 2 is 2.00 bits per heavy atom. The number of rotatable bonds is 7. The van der Waals surface area contributed by atoms with Crippen LogP contribution in [0.3, 0.4) is 0 Å². The second kappa shape index (κ2) is 7.90. The minimum Gasteiger partial charge on any atom is -0.371 e. The SMILES string of the molecule is CCNC(=O)CCNCc1ccccc1N1CCCC1. The van der Waals surface area contributed by atoms with Crippen molar-refractivity contribution in [3.63, 3.8) is 0 Å². The fourth-order valence-electron chi connectivity index (χ4n) is 2.64. The van der Waals surface area contributed by atoms with Crippen LogP contribution in [0.15, 0.2) is 24.3 Å². The van der Waals surface area contributed by atoms with E-state index in [1.54, 1.807) is 0 Å². The number of carbonyl (C=O) groups is 1. The molecular formula is C16H25N3O. The minimum absolute atomic E-state index is 0.118. The van der Waals surface area contributed by atoms with E-state index in [4.69, 9.17) is 0 Å². The molecular weight excluding hydrogens is 250 g/mol. The maximum absolute atomic E-state index is 11.4. The maximum atomic E-state index is 11.4. The standard InChI is InChI=1S/C16H25N3O/c1-2-18-16(20)9-10-17-13-14-7-3-4-8-15(14)19-11-5-6-12-19/h3-4,7-8,17H,2,5-6,9-13H2,1H3,(H,18,20). The van der Waals surface area contributed by atoms with Gasteiger partial charge >= 0.3 is 0 Å². The molecule has 4 nitrogen and oxygen atoms in total. The van der Waals surface area contributed by atoms with Crippen LogP contribution in [-0.2, 0) is 11.3 Å². The lowest BCUT2D eigenvalue weighted by atomic mass is 10.1. The molecule has 0 radical (unpaired) electrons. The molecule has 2 N–H and O–H groups in total. The molecule has 0 aliphatic carbocycles. The Morgan fingerprint density at radius 1 is 1.25 bits per heavy atom. The zero-order valence-corrected chi connectivity index (χ0v) is 12.3. The van der Waals surface area contributed by atoms with Crippen molar-refractivity contribution in [1.29, 1.82) is 0 Å². The van der Waals surface area contributed by atoms with Gasteiger partial charge < -0.3 is 15.5 Å². The van der Waals surface area contributed by atoms with E-state index in [0.717, 1.165) is 26.2 Å². The highest BCUT2D eigenvalue weighted by Crippen LogP contribution is 2.24. The van der Waals surface area contributed by atoms with Crippen molar-refractivity contribution in [3.8, 4) is 0 Å². The summed E-state index contributed by atoms with van der Waals surface area (Å²) in [6.07, 6.45) is 3.12. The molecule has 0 bridgehead atoms. The topological polar surface area (TPSA) is 44.4 Å². The van der Waals surface area contributed by atoms with E-state index in [2.05, 4.69) is 39.8 Å². The predicted octanol–water partition coefficient (Wildman–Crippen LogP) is 1.90. The van der Waals surface area contributed by atoms with Crippen molar-refractivity contribution < 1.29 is 4.79 Å². The first-order valence-electron chi connectivity index (χ1n) is 7.61. The van der Waals surface area contributed by atoms with Crippen LogP contribution in [0, 0.1) is 0 Å². The average Bonchev–Trinajstić information content (AvgIpc) is 2.98. The van der Waals surface area contributed by atoms with Crippen LogP contribution in [0.5, 0.6) is 0 Å². The number of nitrogens with zero attached hydrogens (tertiary/aromatic N) is 1. The summed E-state index contributed by atoms with van der Waals surface area (Å²) in [4.78, 5) is 13.8. The van der Waals surface area contributed by atoms with Gasteiger partial charge in [0.1, 0.15) is 0 Å². The first-order chi connectivity index (χ1) is 9.81. The van der Waals surface area contributed by atoms with Crippen LogP contribution in [0.4, 0.5) is 5.69 Å². The maximum Gasteiger partial charge on any atom is 0.221 e. The molecule has 1 fully saturated rings. The molecule has 0 saturated carbocycles. The smallest absolute Gasteiger partial charge is 0.221 e. The Balaban J connectivity index is 1.82. The molecule has 1 aliphatic heterocycles. The van der Waals surface area contributed by atoms with Gasteiger partial charge in [-0.25, -0.2) is 0 Å². The molecule has 4 heteroatoms. The summed E-state index contributed by atoms with van der Waals surface area (Å²) >= 11 is 0. The third-order valence-corrected chi connectivity index (χ3v) is 3.66. The van der Waals surface area contributed by atoms with Crippen LogP contribution in [-0.4, -0.2) is 32.1 Å². The molecule has 1 saturated heterocycles. The Labute approximate surface area is 121 Å². The summed E-state index contributed by atoms with van der Waals surface area (Å²) in [5, 5.41) is 6.18. The molecule has 2 rings (SSSR count). The van der Waals surface area contributed by atoms with Gasteiger partial charge in [-0.15, -0.1) is 0 Å². The van der Waals surface area contributed by atoms with Gasteiger partial charge in [0, 0.05) is 44.8 Å². The summed E-state index contributed by atoms with van der Waals surface area (Å²) in [6.45, 7) is 6.52. The second-order valence-electron chi connectivity index (χ2n) is 5.20. The van der Waals surface area contributed by atoms with Crippen LogP contribution < -0.4 is 15.5 Å².